The largest absolute Gasteiger partial charge is 0.389 e. The lowest BCUT2D eigenvalue weighted by atomic mass is 10.1. The van der Waals surface area contributed by atoms with E-state index in [2.05, 4.69) is 4.98 Å². The molecule has 0 aliphatic rings. The van der Waals surface area contributed by atoms with Gasteiger partial charge in [-0.05, 0) is 24.6 Å². The van der Waals surface area contributed by atoms with Crippen LogP contribution in [0.2, 0.25) is 0 Å². The van der Waals surface area contributed by atoms with Crippen LogP contribution in [0.15, 0.2) is 30.6 Å². The predicted octanol–water partition coefficient (Wildman–Crippen LogP) is 2.63. The van der Waals surface area contributed by atoms with Crippen molar-refractivity contribution >= 4 is 0 Å². The molecule has 0 spiro atoms. The molecule has 0 amide bonds. The molecule has 1 N–H and O–H groups in total. The summed E-state index contributed by atoms with van der Waals surface area (Å²) in [4.78, 5) is 4.16. The molecule has 90 valence electrons. The van der Waals surface area contributed by atoms with E-state index in [1.807, 2.05) is 6.92 Å². The molecule has 0 saturated carbocycles. The molecule has 0 aliphatic carbocycles. The fourth-order valence-corrected chi connectivity index (χ4v) is 1.79. The van der Waals surface area contributed by atoms with E-state index in [-0.39, 0.29) is 5.82 Å². The molecule has 0 radical (unpaired) electrons. The minimum atomic E-state index is -0.660. The van der Waals surface area contributed by atoms with Gasteiger partial charge < -0.3 is 9.67 Å². The van der Waals surface area contributed by atoms with Crippen LogP contribution in [0.4, 0.5) is 4.39 Å². The maximum absolute atomic E-state index is 13.9. The Bertz CT molecular complexity index is 520. The van der Waals surface area contributed by atoms with Crippen LogP contribution in [-0.4, -0.2) is 14.7 Å². The molecule has 0 aliphatic heterocycles. The van der Waals surface area contributed by atoms with Gasteiger partial charge in [-0.1, -0.05) is 13.0 Å². The first-order valence-electron chi connectivity index (χ1n) is 5.63. The highest BCUT2D eigenvalue weighted by Crippen LogP contribution is 2.20. The number of hydrogen-bond acceptors (Lipinski definition) is 2. The third-order valence-electron chi connectivity index (χ3n) is 2.75. The number of halogens is 1. The molecule has 1 aromatic carbocycles. The molecule has 1 unspecified atom stereocenters. The van der Waals surface area contributed by atoms with Gasteiger partial charge in [0.05, 0.1) is 11.8 Å². The number of aliphatic hydroxyl groups is 1. The van der Waals surface area contributed by atoms with Crippen LogP contribution in [0, 0.1) is 5.82 Å². The SMILES string of the molecule is CCc1nccn1-c1ccc(C(C)O)cc1F. The van der Waals surface area contributed by atoms with E-state index in [4.69, 9.17) is 0 Å². The van der Waals surface area contributed by atoms with Crippen LogP contribution >= 0.6 is 0 Å². The summed E-state index contributed by atoms with van der Waals surface area (Å²) in [6.07, 6.45) is 3.47. The summed E-state index contributed by atoms with van der Waals surface area (Å²) in [5, 5.41) is 9.38. The smallest absolute Gasteiger partial charge is 0.147 e. The number of aromatic nitrogens is 2. The molecule has 0 saturated heterocycles. The Balaban J connectivity index is 2.47. The van der Waals surface area contributed by atoms with Gasteiger partial charge in [0, 0.05) is 18.8 Å². The van der Waals surface area contributed by atoms with Crippen molar-refractivity contribution in [1.29, 1.82) is 0 Å². The molecule has 0 fully saturated rings. The van der Waals surface area contributed by atoms with E-state index in [9.17, 15) is 9.50 Å². The van der Waals surface area contributed by atoms with Crippen molar-refractivity contribution in [3.05, 3.63) is 47.8 Å². The van der Waals surface area contributed by atoms with Gasteiger partial charge in [0.15, 0.2) is 0 Å². The highest BCUT2D eigenvalue weighted by atomic mass is 19.1. The molecule has 3 nitrogen and oxygen atoms in total. The van der Waals surface area contributed by atoms with Crippen molar-refractivity contribution in [2.45, 2.75) is 26.4 Å². The van der Waals surface area contributed by atoms with Crippen LogP contribution in [-0.2, 0) is 6.42 Å². The molecule has 2 rings (SSSR count). The van der Waals surface area contributed by atoms with Crippen molar-refractivity contribution in [3.63, 3.8) is 0 Å². The van der Waals surface area contributed by atoms with E-state index in [1.165, 1.54) is 6.07 Å². The Labute approximate surface area is 99.5 Å². The van der Waals surface area contributed by atoms with Crippen molar-refractivity contribution in [1.82, 2.24) is 9.55 Å². The van der Waals surface area contributed by atoms with Gasteiger partial charge in [0.1, 0.15) is 11.6 Å². The number of aryl methyl sites for hydroxylation is 1. The second-order valence-electron chi connectivity index (χ2n) is 3.95. The maximum Gasteiger partial charge on any atom is 0.147 e. The summed E-state index contributed by atoms with van der Waals surface area (Å²) >= 11 is 0. The Morgan fingerprint density at radius 3 is 2.82 bits per heavy atom. The zero-order valence-corrected chi connectivity index (χ0v) is 9.89. The number of aliphatic hydroxyl groups excluding tert-OH is 1. The molecule has 2 aromatic rings. The van der Waals surface area contributed by atoms with Crippen LogP contribution in [0.5, 0.6) is 0 Å². The number of imidazole rings is 1. The van der Waals surface area contributed by atoms with E-state index in [1.54, 1.807) is 36.0 Å². The third kappa shape index (κ3) is 2.22. The lowest BCUT2D eigenvalue weighted by Crippen LogP contribution is -2.03. The molecular weight excluding hydrogens is 219 g/mol. The fourth-order valence-electron chi connectivity index (χ4n) is 1.79. The number of nitrogens with zero attached hydrogens (tertiary/aromatic N) is 2. The summed E-state index contributed by atoms with van der Waals surface area (Å²) in [5.41, 5.74) is 1.04. The summed E-state index contributed by atoms with van der Waals surface area (Å²) in [5.74, 6) is 0.463. The summed E-state index contributed by atoms with van der Waals surface area (Å²) in [7, 11) is 0. The monoisotopic (exact) mass is 234 g/mol. The van der Waals surface area contributed by atoms with Gasteiger partial charge >= 0.3 is 0 Å². The van der Waals surface area contributed by atoms with Crippen LogP contribution < -0.4 is 0 Å². The molecule has 1 aromatic heterocycles. The van der Waals surface area contributed by atoms with Crippen molar-refractivity contribution in [3.8, 4) is 5.69 Å². The molecular formula is C13H15FN2O. The molecule has 17 heavy (non-hydrogen) atoms. The maximum atomic E-state index is 13.9. The minimum absolute atomic E-state index is 0.351. The third-order valence-corrected chi connectivity index (χ3v) is 2.75. The number of benzene rings is 1. The summed E-state index contributed by atoms with van der Waals surface area (Å²) in [6.45, 7) is 3.59. The Morgan fingerprint density at radius 2 is 2.24 bits per heavy atom. The first kappa shape index (κ1) is 11.8. The van der Waals surface area contributed by atoms with Crippen LogP contribution in [0.3, 0.4) is 0 Å². The lowest BCUT2D eigenvalue weighted by Gasteiger charge is -2.10. The van der Waals surface area contributed by atoms with E-state index < -0.39 is 6.10 Å². The standard InChI is InChI=1S/C13H15FN2O/c1-3-13-15-6-7-16(13)12-5-4-10(9(2)17)8-11(12)14/h4-9,17H,3H2,1-2H3. The summed E-state index contributed by atoms with van der Waals surface area (Å²) < 4.78 is 15.7. The van der Waals surface area contributed by atoms with Gasteiger partial charge in [0.2, 0.25) is 0 Å². The van der Waals surface area contributed by atoms with Gasteiger partial charge in [-0.2, -0.15) is 0 Å². The second kappa shape index (κ2) is 4.67. The zero-order valence-electron chi connectivity index (χ0n) is 9.89. The van der Waals surface area contributed by atoms with Gasteiger partial charge in [0.25, 0.3) is 0 Å². The minimum Gasteiger partial charge on any atom is -0.389 e. The average molecular weight is 234 g/mol. The molecule has 0 bridgehead atoms. The Morgan fingerprint density at radius 1 is 1.47 bits per heavy atom. The summed E-state index contributed by atoms with van der Waals surface area (Å²) in [6, 6.07) is 4.75. The Kier molecular flexibility index (Phi) is 3.24. The highest BCUT2D eigenvalue weighted by molar-refractivity contribution is 5.38. The van der Waals surface area contributed by atoms with Gasteiger partial charge in [-0.3, -0.25) is 0 Å². The van der Waals surface area contributed by atoms with Crippen molar-refractivity contribution in [2.24, 2.45) is 0 Å². The van der Waals surface area contributed by atoms with Gasteiger partial charge in [-0.15, -0.1) is 0 Å². The predicted molar refractivity (Wildman–Crippen MR) is 63.5 cm³/mol. The second-order valence-corrected chi connectivity index (χ2v) is 3.95. The fraction of sp³-hybridized carbons (Fsp3) is 0.308. The molecule has 1 atom stereocenters. The average Bonchev–Trinajstić information content (AvgIpc) is 2.76. The highest BCUT2D eigenvalue weighted by Gasteiger charge is 2.10. The normalized spacial score (nSPS) is 12.7. The first-order chi connectivity index (χ1) is 8.13. The van der Waals surface area contributed by atoms with E-state index in [0.717, 1.165) is 12.2 Å². The van der Waals surface area contributed by atoms with Crippen LogP contribution in [0.25, 0.3) is 5.69 Å². The van der Waals surface area contributed by atoms with Crippen LogP contribution in [0.1, 0.15) is 31.3 Å². The zero-order chi connectivity index (χ0) is 12.4. The lowest BCUT2D eigenvalue weighted by molar-refractivity contribution is 0.199. The van der Waals surface area contributed by atoms with E-state index in [0.29, 0.717) is 11.3 Å². The quantitative estimate of drug-likeness (QED) is 0.886. The number of hydrogen-bond donors (Lipinski definition) is 1. The first-order valence-corrected chi connectivity index (χ1v) is 5.63. The molecule has 1 heterocycles. The van der Waals surface area contributed by atoms with E-state index >= 15 is 0 Å². The Hall–Kier alpha value is -1.68. The topological polar surface area (TPSA) is 38.0 Å². The van der Waals surface area contributed by atoms with Crippen molar-refractivity contribution < 1.29 is 9.50 Å². The number of rotatable bonds is 3. The van der Waals surface area contributed by atoms with Crippen molar-refractivity contribution in [2.75, 3.05) is 0 Å². The molecule has 4 heteroatoms. The van der Waals surface area contributed by atoms with Gasteiger partial charge in [-0.25, -0.2) is 9.37 Å².